The Morgan fingerprint density at radius 3 is 2.63 bits per heavy atom. The summed E-state index contributed by atoms with van der Waals surface area (Å²) in [6.45, 7) is 4.80. The minimum atomic E-state index is 0.162. The van der Waals surface area contributed by atoms with Crippen LogP contribution < -0.4 is 0 Å². The highest BCUT2D eigenvalue weighted by Crippen LogP contribution is 2.35. The van der Waals surface area contributed by atoms with Gasteiger partial charge in [0.1, 0.15) is 5.03 Å². The van der Waals surface area contributed by atoms with Gasteiger partial charge >= 0.3 is 0 Å². The molecule has 0 spiro atoms. The molecule has 4 rings (SSSR count). The van der Waals surface area contributed by atoms with Gasteiger partial charge in [0, 0.05) is 31.1 Å². The number of hydrogen-bond acceptors (Lipinski definition) is 4. The van der Waals surface area contributed by atoms with E-state index in [-0.39, 0.29) is 5.91 Å². The summed E-state index contributed by atoms with van der Waals surface area (Å²) in [6.07, 6.45) is 10.3. The van der Waals surface area contributed by atoms with Crippen LogP contribution in [0.3, 0.4) is 0 Å². The molecule has 30 heavy (non-hydrogen) atoms. The molecular formula is C25H33N3OS. The molecule has 2 heterocycles. The highest BCUT2D eigenvalue weighted by atomic mass is 32.2. The number of nitrogens with zero attached hydrogens (tertiary/aromatic N) is 3. The second kappa shape index (κ2) is 11.0. The third-order valence-electron chi connectivity index (χ3n) is 6.24. The van der Waals surface area contributed by atoms with Crippen LogP contribution >= 0.6 is 11.8 Å². The van der Waals surface area contributed by atoms with Gasteiger partial charge in [-0.25, -0.2) is 4.98 Å². The van der Waals surface area contributed by atoms with Gasteiger partial charge in [-0.1, -0.05) is 43.2 Å². The van der Waals surface area contributed by atoms with Crippen LogP contribution in [0.25, 0.3) is 0 Å². The second-order valence-electron chi connectivity index (χ2n) is 8.46. The van der Waals surface area contributed by atoms with Crippen molar-refractivity contribution in [1.29, 1.82) is 0 Å². The first-order chi connectivity index (χ1) is 14.8. The van der Waals surface area contributed by atoms with E-state index < -0.39 is 0 Å². The van der Waals surface area contributed by atoms with E-state index in [2.05, 4.69) is 40.2 Å². The van der Waals surface area contributed by atoms with Crippen molar-refractivity contribution in [3.05, 3.63) is 59.8 Å². The van der Waals surface area contributed by atoms with Crippen molar-refractivity contribution in [2.75, 3.05) is 32.7 Å². The molecule has 1 aliphatic carbocycles. The SMILES string of the molecule is O=C(c1cccnc1SC1CCCC1)N1CCCN(CCCc2ccccc2)CC1. The topological polar surface area (TPSA) is 36.4 Å². The van der Waals surface area contributed by atoms with Crippen molar-refractivity contribution in [1.82, 2.24) is 14.8 Å². The van der Waals surface area contributed by atoms with Gasteiger partial charge in [-0.2, -0.15) is 0 Å². The zero-order chi connectivity index (χ0) is 20.6. The average Bonchev–Trinajstić information content (AvgIpc) is 3.18. The molecule has 1 aromatic carbocycles. The zero-order valence-corrected chi connectivity index (χ0v) is 18.7. The van der Waals surface area contributed by atoms with Crippen LogP contribution in [-0.4, -0.2) is 58.7 Å². The van der Waals surface area contributed by atoms with Crippen LogP contribution in [0.15, 0.2) is 53.7 Å². The molecule has 0 bridgehead atoms. The number of amides is 1. The zero-order valence-electron chi connectivity index (χ0n) is 17.8. The number of aromatic nitrogens is 1. The van der Waals surface area contributed by atoms with E-state index in [1.165, 1.54) is 37.7 Å². The Morgan fingerprint density at radius 1 is 0.967 bits per heavy atom. The third kappa shape index (κ3) is 5.86. The molecule has 0 radical (unpaired) electrons. The minimum Gasteiger partial charge on any atom is -0.337 e. The molecule has 0 unspecified atom stereocenters. The summed E-state index contributed by atoms with van der Waals surface area (Å²) in [6, 6.07) is 14.6. The van der Waals surface area contributed by atoms with Crippen LogP contribution in [0, 0.1) is 0 Å². The van der Waals surface area contributed by atoms with Crippen molar-refractivity contribution in [3.8, 4) is 0 Å². The molecule has 1 saturated carbocycles. The second-order valence-corrected chi connectivity index (χ2v) is 9.75. The number of carbonyl (C=O) groups excluding carboxylic acids is 1. The molecular weight excluding hydrogens is 390 g/mol. The van der Waals surface area contributed by atoms with Crippen molar-refractivity contribution in [2.45, 2.75) is 55.2 Å². The lowest BCUT2D eigenvalue weighted by molar-refractivity contribution is 0.0757. The molecule has 1 aliphatic heterocycles. The Bertz CT molecular complexity index is 807. The van der Waals surface area contributed by atoms with Gasteiger partial charge in [-0.15, -0.1) is 11.8 Å². The van der Waals surface area contributed by atoms with Crippen LogP contribution in [0.5, 0.6) is 0 Å². The molecule has 2 aromatic rings. The van der Waals surface area contributed by atoms with E-state index in [1.807, 2.05) is 35.0 Å². The predicted octanol–water partition coefficient (Wildman–Crippen LogP) is 4.90. The summed E-state index contributed by atoms with van der Waals surface area (Å²) in [5.41, 5.74) is 2.21. The fourth-order valence-electron chi connectivity index (χ4n) is 4.53. The Balaban J connectivity index is 1.30. The summed E-state index contributed by atoms with van der Waals surface area (Å²) >= 11 is 1.82. The largest absolute Gasteiger partial charge is 0.337 e. The van der Waals surface area contributed by atoms with Gasteiger partial charge in [-0.3, -0.25) is 4.79 Å². The molecule has 0 N–H and O–H groups in total. The van der Waals surface area contributed by atoms with E-state index in [0.29, 0.717) is 5.25 Å². The van der Waals surface area contributed by atoms with Crippen LogP contribution in [0.2, 0.25) is 0 Å². The molecule has 2 fully saturated rings. The lowest BCUT2D eigenvalue weighted by Crippen LogP contribution is -2.35. The number of thioether (sulfide) groups is 1. The Hall–Kier alpha value is -1.85. The van der Waals surface area contributed by atoms with Gasteiger partial charge < -0.3 is 9.80 Å². The van der Waals surface area contributed by atoms with Crippen molar-refractivity contribution >= 4 is 17.7 Å². The maximum absolute atomic E-state index is 13.3. The first-order valence-corrected chi connectivity index (χ1v) is 12.3. The maximum Gasteiger partial charge on any atom is 0.256 e. The summed E-state index contributed by atoms with van der Waals surface area (Å²) < 4.78 is 0. The number of carbonyl (C=O) groups is 1. The first-order valence-electron chi connectivity index (χ1n) is 11.5. The molecule has 1 saturated heterocycles. The van der Waals surface area contributed by atoms with Gasteiger partial charge in [0.2, 0.25) is 0 Å². The molecule has 5 heteroatoms. The van der Waals surface area contributed by atoms with Gasteiger partial charge in [-0.05, 0) is 62.9 Å². The average molecular weight is 424 g/mol. The van der Waals surface area contributed by atoms with Crippen LogP contribution in [0.4, 0.5) is 0 Å². The minimum absolute atomic E-state index is 0.162. The fourth-order valence-corrected chi connectivity index (χ4v) is 5.82. The molecule has 2 aliphatic rings. The fraction of sp³-hybridized carbons (Fsp3) is 0.520. The standard InChI is InChI=1S/C25H33N3OS/c29-25(23-14-6-15-26-24(23)30-22-12-4-5-13-22)28-18-8-17-27(19-20-28)16-7-11-21-9-2-1-3-10-21/h1-3,6,9-10,14-15,22H,4-5,7-8,11-13,16-20H2. The quantitative estimate of drug-likeness (QED) is 0.635. The first kappa shape index (κ1) is 21.4. The smallest absolute Gasteiger partial charge is 0.256 e. The molecule has 4 nitrogen and oxygen atoms in total. The lowest BCUT2D eigenvalue weighted by Gasteiger charge is -2.23. The Morgan fingerprint density at radius 2 is 1.80 bits per heavy atom. The van der Waals surface area contributed by atoms with Crippen LogP contribution in [-0.2, 0) is 6.42 Å². The summed E-state index contributed by atoms with van der Waals surface area (Å²) in [7, 11) is 0. The normalized spacial score (nSPS) is 18.5. The van der Waals surface area contributed by atoms with E-state index in [1.54, 1.807) is 0 Å². The number of aryl methyl sites for hydroxylation is 1. The monoisotopic (exact) mass is 423 g/mol. The lowest BCUT2D eigenvalue weighted by atomic mass is 10.1. The number of rotatable bonds is 7. The maximum atomic E-state index is 13.3. The highest BCUT2D eigenvalue weighted by Gasteiger charge is 2.25. The predicted molar refractivity (Wildman–Crippen MR) is 124 cm³/mol. The number of pyridine rings is 1. The molecule has 0 atom stereocenters. The number of hydrogen-bond donors (Lipinski definition) is 0. The van der Waals surface area contributed by atoms with E-state index >= 15 is 0 Å². The van der Waals surface area contributed by atoms with Crippen molar-refractivity contribution < 1.29 is 4.79 Å². The van der Waals surface area contributed by atoms with Gasteiger partial charge in [0.25, 0.3) is 5.91 Å². The summed E-state index contributed by atoms with van der Waals surface area (Å²) in [5.74, 6) is 0.162. The summed E-state index contributed by atoms with van der Waals surface area (Å²) in [5, 5.41) is 1.55. The molecule has 1 aromatic heterocycles. The van der Waals surface area contributed by atoms with Crippen molar-refractivity contribution in [2.24, 2.45) is 0 Å². The van der Waals surface area contributed by atoms with Crippen LogP contribution in [0.1, 0.15) is 54.4 Å². The van der Waals surface area contributed by atoms with E-state index in [4.69, 9.17) is 0 Å². The Kier molecular flexibility index (Phi) is 7.82. The number of benzene rings is 1. The van der Waals surface area contributed by atoms with Crippen molar-refractivity contribution in [3.63, 3.8) is 0 Å². The van der Waals surface area contributed by atoms with Gasteiger partial charge in [0.15, 0.2) is 0 Å². The summed E-state index contributed by atoms with van der Waals surface area (Å²) in [4.78, 5) is 22.4. The third-order valence-corrected chi connectivity index (χ3v) is 7.59. The van der Waals surface area contributed by atoms with Gasteiger partial charge in [0.05, 0.1) is 5.56 Å². The molecule has 1 amide bonds. The van der Waals surface area contributed by atoms with E-state index in [0.717, 1.165) is 56.2 Å². The van der Waals surface area contributed by atoms with E-state index in [9.17, 15) is 4.79 Å². The molecule has 160 valence electrons. The highest BCUT2D eigenvalue weighted by molar-refractivity contribution is 7.99. The Labute approximate surface area is 185 Å².